The number of para-hydroxylation sites is 2. The molecule has 0 radical (unpaired) electrons. The van der Waals surface area contributed by atoms with Gasteiger partial charge < -0.3 is 9.47 Å². The Morgan fingerprint density at radius 2 is 2.00 bits per heavy atom. The zero-order valence-electron chi connectivity index (χ0n) is 14.1. The van der Waals surface area contributed by atoms with E-state index in [9.17, 15) is 4.79 Å². The van der Waals surface area contributed by atoms with Crippen LogP contribution in [-0.2, 0) is 7.05 Å². The van der Waals surface area contributed by atoms with Crippen LogP contribution < -0.4 is 15.2 Å². The van der Waals surface area contributed by atoms with E-state index in [0.29, 0.717) is 22.5 Å². The maximum atomic E-state index is 12.4. The Labute approximate surface area is 169 Å². The van der Waals surface area contributed by atoms with Crippen LogP contribution in [0.15, 0.2) is 45.0 Å². The number of halogens is 1. The number of ether oxygens (including phenoxy) is 2. The van der Waals surface area contributed by atoms with Gasteiger partial charge in [0.05, 0.1) is 21.5 Å². The molecule has 0 spiro atoms. The lowest BCUT2D eigenvalue weighted by Gasteiger charge is -2.09. The summed E-state index contributed by atoms with van der Waals surface area (Å²) in [7, 11) is 3.01. The lowest BCUT2D eigenvalue weighted by atomic mass is 10.3. The first-order valence-electron chi connectivity index (χ1n) is 7.63. The minimum absolute atomic E-state index is 0.167. The van der Waals surface area contributed by atoms with Crippen molar-refractivity contribution in [2.75, 3.05) is 7.11 Å². The summed E-state index contributed by atoms with van der Waals surface area (Å²) in [5.74, 6) is 1.04. The molecule has 0 amide bonds. The monoisotopic (exact) mass is 465 g/mol. The van der Waals surface area contributed by atoms with Gasteiger partial charge in [-0.3, -0.25) is 0 Å². The number of methoxy groups -OCH3 is 1. The number of aromatic nitrogens is 5. The molecule has 4 aromatic rings. The fraction of sp³-hybridized carbons (Fsp3) is 0.125. The molecule has 138 valence electrons. The molecule has 0 saturated heterocycles. The van der Waals surface area contributed by atoms with E-state index in [2.05, 4.69) is 30.4 Å². The lowest BCUT2D eigenvalue weighted by Crippen LogP contribution is -2.22. The summed E-state index contributed by atoms with van der Waals surface area (Å²) in [6.07, 6.45) is 0. The summed E-state index contributed by atoms with van der Waals surface area (Å²) in [6, 6.07) is 11.2. The molecule has 0 aliphatic heterocycles. The van der Waals surface area contributed by atoms with Crippen LogP contribution in [0.4, 0.5) is 0 Å². The maximum absolute atomic E-state index is 12.4. The van der Waals surface area contributed by atoms with E-state index in [0.717, 1.165) is 20.2 Å². The first-order chi connectivity index (χ1) is 13.1. The third-order valence-electron chi connectivity index (χ3n) is 3.58. The molecule has 3 aromatic heterocycles. The molecule has 11 heteroatoms. The quantitative estimate of drug-likeness (QED) is 0.446. The highest BCUT2D eigenvalue weighted by molar-refractivity contribution is 9.11. The summed E-state index contributed by atoms with van der Waals surface area (Å²) in [5.41, 5.74) is 0.160. The van der Waals surface area contributed by atoms with Gasteiger partial charge in [0.1, 0.15) is 0 Å². The highest BCUT2D eigenvalue weighted by Gasteiger charge is 2.19. The molecule has 0 N–H and O–H groups in total. The van der Waals surface area contributed by atoms with Crippen LogP contribution in [0.25, 0.3) is 16.4 Å². The zero-order valence-corrected chi connectivity index (χ0v) is 17.3. The molecule has 0 bridgehead atoms. The second-order valence-corrected chi connectivity index (χ2v) is 8.46. The highest BCUT2D eigenvalue weighted by atomic mass is 79.9. The Hall–Kier alpha value is -2.50. The number of hydrogen-bond donors (Lipinski definition) is 0. The van der Waals surface area contributed by atoms with Gasteiger partial charge in [-0.1, -0.05) is 12.1 Å². The van der Waals surface area contributed by atoms with Crippen molar-refractivity contribution in [2.24, 2.45) is 7.05 Å². The number of nitrogens with zero attached hydrogens (tertiary/aromatic N) is 5. The molecule has 1 aromatic carbocycles. The average Bonchev–Trinajstić information content (AvgIpc) is 3.36. The maximum Gasteiger partial charge on any atom is 0.353 e. The molecule has 8 nitrogen and oxygen atoms in total. The topological polar surface area (TPSA) is 84.1 Å². The summed E-state index contributed by atoms with van der Waals surface area (Å²) in [6.45, 7) is 0. The SMILES string of the molecule is COc1nn(C)c(=O)n1-c1ccccc1Oc1nc(-c2ccc(Br)s2)ns1. The molecule has 0 saturated carbocycles. The first kappa shape index (κ1) is 17.9. The Morgan fingerprint density at radius 3 is 2.74 bits per heavy atom. The molecule has 4 rings (SSSR count). The van der Waals surface area contributed by atoms with Crippen LogP contribution in [0.1, 0.15) is 0 Å². The summed E-state index contributed by atoms with van der Waals surface area (Å²) >= 11 is 6.11. The van der Waals surface area contributed by atoms with Crippen molar-refractivity contribution in [3.05, 3.63) is 50.7 Å². The van der Waals surface area contributed by atoms with Crippen molar-refractivity contribution in [2.45, 2.75) is 0 Å². The van der Waals surface area contributed by atoms with E-state index < -0.39 is 0 Å². The summed E-state index contributed by atoms with van der Waals surface area (Å²) < 4.78 is 19.0. The third-order valence-corrected chi connectivity index (χ3v) is 5.80. The minimum Gasteiger partial charge on any atom is -0.467 e. The largest absolute Gasteiger partial charge is 0.467 e. The van der Waals surface area contributed by atoms with Crippen LogP contribution in [0, 0.1) is 0 Å². The van der Waals surface area contributed by atoms with Gasteiger partial charge in [0.2, 0.25) is 0 Å². The molecule has 3 heterocycles. The number of thiophene rings is 1. The Kier molecular flexibility index (Phi) is 4.81. The molecule has 0 atom stereocenters. The fourth-order valence-corrected chi connectivity index (χ4v) is 4.32. The number of benzene rings is 1. The Bertz CT molecular complexity index is 1160. The van der Waals surface area contributed by atoms with Gasteiger partial charge in [-0.2, -0.15) is 9.36 Å². The zero-order chi connectivity index (χ0) is 19.0. The molecule has 0 aliphatic rings. The Morgan fingerprint density at radius 1 is 1.19 bits per heavy atom. The fourth-order valence-electron chi connectivity index (χ4n) is 2.39. The molecule has 27 heavy (non-hydrogen) atoms. The molecular formula is C16H12BrN5O3S2. The van der Waals surface area contributed by atoms with Gasteiger partial charge in [0.25, 0.3) is 5.19 Å². The number of rotatable bonds is 5. The smallest absolute Gasteiger partial charge is 0.353 e. The van der Waals surface area contributed by atoms with Crippen LogP contribution in [0.3, 0.4) is 0 Å². The van der Waals surface area contributed by atoms with Gasteiger partial charge in [-0.25, -0.2) is 14.0 Å². The predicted molar refractivity (Wildman–Crippen MR) is 106 cm³/mol. The second-order valence-electron chi connectivity index (χ2n) is 5.29. The van der Waals surface area contributed by atoms with E-state index in [1.165, 1.54) is 27.7 Å². The third kappa shape index (κ3) is 3.40. The lowest BCUT2D eigenvalue weighted by molar-refractivity contribution is 0.367. The molecular weight excluding hydrogens is 454 g/mol. The van der Waals surface area contributed by atoms with Crippen molar-refractivity contribution in [1.82, 2.24) is 23.7 Å². The van der Waals surface area contributed by atoms with Crippen molar-refractivity contribution >= 4 is 38.8 Å². The molecule has 0 aliphatic carbocycles. The van der Waals surface area contributed by atoms with Crippen LogP contribution in [0.5, 0.6) is 17.0 Å². The van der Waals surface area contributed by atoms with E-state index in [1.807, 2.05) is 18.2 Å². The Balaban J connectivity index is 1.71. The van der Waals surface area contributed by atoms with Crippen molar-refractivity contribution in [3.63, 3.8) is 0 Å². The van der Waals surface area contributed by atoms with Crippen molar-refractivity contribution < 1.29 is 9.47 Å². The molecule has 0 fully saturated rings. The average molecular weight is 466 g/mol. The van der Waals surface area contributed by atoms with Gasteiger partial charge in [-0.05, 0) is 40.2 Å². The summed E-state index contributed by atoms with van der Waals surface area (Å²) in [4.78, 5) is 17.8. The van der Waals surface area contributed by atoms with Gasteiger partial charge in [0, 0.05) is 18.6 Å². The highest BCUT2D eigenvalue weighted by Crippen LogP contribution is 2.34. The first-order valence-corrected chi connectivity index (χ1v) is 10.0. The van der Waals surface area contributed by atoms with E-state index in [1.54, 1.807) is 25.2 Å². The number of hydrogen-bond acceptors (Lipinski definition) is 8. The van der Waals surface area contributed by atoms with Crippen molar-refractivity contribution in [3.8, 4) is 33.3 Å². The van der Waals surface area contributed by atoms with Crippen molar-refractivity contribution in [1.29, 1.82) is 0 Å². The second kappa shape index (κ2) is 7.25. The normalized spacial score (nSPS) is 10.9. The van der Waals surface area contributed by atoms with E-state index in [4.69, 9.17) is 9.47 Å². The van der Waals surface area contributed by atoms with E-state index >= 15 is 0 Å². The molecule has 0 unspecified atom stereocenters. The number of aryl methyl sites for hydroxylation is 1. The van der Waals surface area contributed by atoms with Crippen LogP contribution in [-0.4, -0.2) is 30.8 Å². The standard InChI is InChI=1S/C16H12BrN5O3S2/c1-21-16(23)22(14(19-21)24-2)9-5-3-4-6-10(9)25-15-18-13(20-27-15)11-7-8-12(17)26-11/h3-8H,1-2H3. The summed E-state index contributed by atoms with van der Waals surface area (Å²) in [5, 5.41) is 4.43. The van der Waals surface area contributed by atoms with Gasteiger partial charge >= 0.3 is 11.7 Å². The minimum atomic E-state index is -0.343. The van der Waals surface area contributed by atoms with Crippen LogP contribution >= 0.6 is 38.8 Å². The van der Waals surface area contributed by atoms with Gasteiger partial charge in [-0.15, -0.1) is 16.4 Å². The predicted octanol–water partition coefficient (Wildman–Crippen LogP) is 3.71. The van der Waals surface area contributed by atoms with Crippen LogP contribution in [0.2, 0.25) is 0 Å². The van der Waals surface area contributed by atoms with E-state index in [-0.39, 0.29) is 11.7 Å². The van der Waals surface area contributed by atoms with Gasteiger partial charge in [0.15, 0.2) is 11.6 Å².